The topological polar surface area (TPSA) is 113 Å². The van der Waals surface area contributed by atoms with Gasteiger partial charge in [-0.15, -0.1) is 0 Å². The third-order valence-electron chi connectivity index (χ3n) is 2.86. The highest BCUT2D eigenvalue weighted by molar-refractivity contribution is 5.86. The summed E-state index contributed by atoms with van der Waals surface area (Å²) >= 11 is 0. The van der Waals surface area contributed by atoms with Crippen molar-refractivity contribution in [2.24, 2.45) is 5.73 Å². The number of nitrogens with one attached hydrogen (secondary N) is 1. The second-order valence-electron chi connectivity index (χ2n) is 4.82. The van der Waals surface area contributed by atoms with Crippen molar-refractivity contribution in [1.29, 1.82) is 0 Å². The normalized spacial score (nSPS) is 11.8. The Morgan fingerprint density at radius 3 is 2.24 bits per heavy atom. The molecule has 1 aromatic carbocycles. The monoisotopic (exact) mass is 293 g/mol. The van der Waals surface area contributed by atoms with E-state index in [1.54, 1.807) is 44.2 Å². The van der Waals surface area contributed by atoms with Gasteiger partial charge >= 0.3 is 12.0 Å². The molecule has 1 unspecified atom stereocenters. The van der Waals surface area contributed by atoms with Gasteiger partial charge in [0, 0.05) is 6.04 Å². The third kappa shape index (κ3) is 4.79. The van der Waals surface area contributed by atoms with Crippen LogP contribution in [-0.4, -0.2) is 40.5 Å². The molecule has 4 N–H and O–H groups in total. The number of hydrogen-bond donors (Lipinski definition) is 3. The molecule has 0 aliphatic heterocycles. The Morgan fingerprint density at radius 2 is 1.81 bits per heavy atom. The number of rotatable bonds is 6. The van der Waals surface area contributed by atoms with E-state index >= 15 is 0 Å². The maximum Gasteiger partial charge on any atom is 0.330 e. The molecule has 1 atom stereocenters. The van der Waals surface area contributed by atoms with Crippen molar-refractivity contribution < 1.29 is 19.5 Å². The lowest BCUT2D eigenvalue weighted by molar-refractivity contribution is -0.139. The van der Waals surface area contributed by atoms with E-state index < -0.39 is 23.9 Å². The van der Waals surface area contributed by atoms with E-state index in [0.29, 0.717) is 5.56 Å². The molecule has 0 saturated heterocycles. The lowest BCUT2D eigenvalue weighted by Gasteiger charge is -2.27. The second kappa shape index (κ2) is 7.28. The number of hydrogen-bond acceptors (Lipinski definition) is 3. The second-order valence-corrected chi connectivity index (χ2v) is 4.82. The summed E-state index contributed by atoms with van der Waals surface area (Å²) < 4.78 is 0. The molecule has 1 aromatic rings. The number of carbonyl (C=O) groups excluding carboxylic acids is 2. The summed E-state index contributed by atoms with van der Waals surface area (Å²) in [7, 11) is 0. The first-order valence-electron chi connectivity index (χ1n) is 6.46. The minimum absolute atomic E-state index is 0.273. The molecular formula is C14H19N3O4. The third-order valence-corrected chi connectivity index (χ3v) is 2.86. The van der Waals surface area contributed by atoms with Crippen LogP contribution >= 0.6 is 0 Å². The van der Waals surface area contributed by atoms with Crippen molar-refractivity contribution in [2.45, 2.75) is 25.9 Å². The first-order valence-corrected chi connectivity index (χ1v) is 6.46. The molecule has 0 spiro atoms. The fourth-order valence-electron chi connectivity index (χ4n) is 1.80. The Hall–Kier alpha value is -2.57. The zero-order chi connectivity index (χ0) is 16.0. The first kappa shape index (κ1) is 16.5. The van der Waals surface area contributed by atoms with Crippen molar-refractivity contribution in [3.05, 3.63) is 35.9 Å². The Kier molecular flexibility index (Phi) is 5.71. The van der Waals surface area contributed by atoms with Gasteiger partial charge in [-0.3, -0.25) is 4.79 Å². The fraction of sp³-hybridized carbons (Fsp3) is 0.357. The lowest BCUT2D eigenvalue weighted by Crippen LogP contribution is -2.49. The summed E-state index contributed by atoms with van der Waals surface area (Å²) in [5.74, 6) is -1.84. The predicted octanol–water partition coefficient (Wildman–Crippen LogP) is 0.718. The lowest BCUT2D eigenvalue weighted by atomic mass is 10.1. The fourth-order valence-corrected chi connectivity index (χ4v) is 1.80. The van der Waals surface area contributed by atoms with Crippen LogP contribution in [0.3, 0.4) is 0 Å². The Morgan fingerprint density at radius 1 is 1.24 bits per heavy atom. The van der Waals surface area contributed by atoms with Gasteiger partial charge in [0.25, 0.3) is 0 Å². The van der Waals surface area contributed by atoms with Crippen molar-refractivity contribution in [2.75, 3.05) is 6.54 Å². The number of aliphatic carboxylic acids is 1. The summed E-state index contributed by atoms with van der Waals surface area (Å²) in [5, 5.41) is 11.7. The Balaban J connectivity index is 2.90. The number of urea groups is 1. The number of benzene rings is 1. The van der Waals surface area contributed by atoms with Crippen LogP contribution in [0.1, 0.15) is 25.5 Å². The summed E-state index contributed by atoms with van der Waals surface area (Å²) in [4.78, 5) is 35.7. The van der Waals surface area contributed by atoms with Crippen LogP contribution in [-0.2, 0) is 9.59 Å². The van der Waals surface area contributed by atoms with Crippen LogP contribution < -0.4 is 11.1 Å². The highest BCUT2D eigenvalue weighted by Crippen LogP contribution is 2.13. The van der Waals surface area contributed by atoms with Gasteiger partial charge in [-0.2, -0.15) is 0 Å². The van der Waals surface area contributed by atoms with E-state index in [4.69, 9.17) is 5.73 Å². The van der Waals surface area contributed by atoms with E-state index in [0.717, 1.165) is 0 Å². The van der Waals surface area contributed by atoms with Gasteiger partial charge in [0.15, 0.2) is 6.04 Å². The molecule has 0 aliphatic carbocycles. The van der Waals surface area contributed by atoms with Crippen molar-refractivity contribution in [1.82, 2.24) is 10.2 Å². The molecule has 1 rings (SSSR count). The highest BCUT2D eigenvalue weighted by Gasteiger charge is 2.26. The van der Waals surface area contributed by atoms with Crippen molar-refractivity contribution in [3.8, 4) is 0 Å². The molecule has 0 fully saturated rings. The van der Waals surface area contributed by atoms with Gasteiger partial charge in [-0.1, -0.05) is 30.3 Å². The van der Waals surface area contributed by atoms with Gasteiger partial charge in [-0.25, -0.2) is 9.59 Å². The number of nitrogens with zero attached hydrogens (tertiary/aromatic N) is 1. The summed E-state index contributed by atoms with van der Waals surface area (Å²) in [6, 6.07) is 6.19. The average Bonchev–Trinajstić information content (AvgIpc) is 2.42. The van der Waals surface area contributed by atoms with Crippen LogP contribution in [0.15, 0.2) is 30.3 Å². The molecule has 0 aromatic heterocycles. The summed E-state index contributed by atoms with van der Waals surface area (Å²) in [6.45, 7) is 3.15. The molecule has 0 aliphatic rings. The minimum Gasteiger partial charge on any atom is -0.479 e. The molecule has 114 valence electrons. The molecule has 3 amide bonds. The largest absolute Gasteiger partial charge is 0.479 e. The van der Waals surface area contributed by atoms with E-state index in [-0.39, 0.29) is 12.6 Å². The number of carbonyl (C=O) groups is 3. The first-order chi connectivity index (χ1) is 9.82. The van der Waals surface area contributed by atoms with Gasteiger partial charge in [-0.05, 0) is 19.4 Å². The molecule has 21 heavy (non-hydrogen) atoms. The smallest absolute Gasteiger partial charge is 0.330 e. The predicted molar refractivity (Wildman–Crippen MR) is 76.4 cm³/mol. The molecule has 7 nitrogen and oxygen atoms in total. The van der Waals surface area contributed by atoms with Crippen LogP contribution in [0.25, 0.3) is 0 Å². The highest BCUT2D eigenvalue weighted by atomic mass is 16.4. The van der Waals surface area contributed by atoms with Crippen LogP contribution in [0.5, 0.6) is 0 Å². The molecule has 7 heteroatoms. The summed E-state index contributed by atoms with van der Waals surface area (Å²) in [6.07, 6.45) is 0. The molecule has 0 heterocycles. The van der Waals surface area contributed by atoms with Gasteiger partial charge in [0.05, 0.1) is 0 Å². The van der Waals surface area contributed by atoms with Crippen molar-refractivity contribution in [3.63, 3.8) is 0 Å². The van der Waals surface area contributed by atoms with E-state index in [1.165, 1.54) is 4.90 Å². The average molecular weight is 293 g/mol. The SMILES string of the molecule is CC(C)N(CC(N)=O)C(=O)NC(C(=O)O)c1ccccc1. The van der Waals surface area contributed by atoms with Crippen molar-refractivity contribution >= 4 is 17.9 Å². The van der Waals surface area contributed by atoms with E-state index in [9.17, 15) is 19.5 Å². The van der Waals surface area contributed by atoms with E-state index in [1.807, 2.05) is 0 Å². The maximum absolute atomic E-state index is 12.2. The van der Waals surface area contributed by atoms with Crippen LogP contribution in [0.4, 0.5) is 4.79 Å². The minimum atomic E-state index is -1.19. The number of nitrogens with two attached hydrogens (primary N) is 1. The number of primary amides is 1. The zero-order valence-electron chi connectivity index (χ0n) is 11.9. The molecule has 0 bridgehead atoms. The van der Waals surface area contributed by atoms with E-state index in [2.05, 4.69) is 5.32 Å². The van der Waals surface area contributed by atoms with Gasteiger partial charge in [0.1, 0.15) is 6.54 Å². The number of carboxylic acid groups (broad SMARTS) is 1. The summed E-state index contributed by atoms with van der Waals surface area (Å²) in [5.41, 5.74) is 5.54. The quantitative estimate of drug-likeness (QED) is 0.717. The van der Waals surface area contributed by atoms with Crippen LogP contribution in [0, 0.1) is 0 Å². The molecular weight excluding hydrogens is 274 g/mol. The standard InChI is InChI=1S/C14H19N3O4/c1-9(2)17(8-11(15)18)14(21)16-12(13(19)20)10-6-4-3-5-7-10/h3-7,9,12H,8H2,1-2H3,(H2,15,18)(H,16,21)(H,19,20). The van der Waals surface area contributed by atoms with Gasteiger partial charge in [0.2, 0.25) is 5.91 Å². The zero-order valence-corrected chi connectivity index (χ0v) is 11.9. The number of amides is 3. The maximum atomic E-state index is 12.2. The van der Waals surface area contributed by atoms with Crippen LogP contribution in [0.2, 0.25) is 0 Å². The number of carboxylic acids is 1. The molecule has 0 radical (unpaired) electrons. The molecule has 0 saturated carbocycles. The Bertz CT molecular complexity index is 516. The Labute approximate surface area is 122 Å². The van der Waals surface area contributed by atoms with Gasteiger partial charge < -0.3 is 21.1 Å².